The van der Waals surface area contributed by atoms with Crippen molar-refractivity contribution >= 4 is 23.7 Å². The van der Waals surface area contributed by atoms with E-state index in [2.05, 4.69) is 27.3 Å². The molecular formula is C37H46N4O7. The summed E-state index contributed by atoms with van der Waals surface area (Å²) in [5.41, 5.74) is 7.65. The van der Waals surface area contributed by atoms with Gasteiger partial charge in [0.1, 0.15) is 36.8 Å². The molecule has 0 bridgehead atoms. The van der Waals surface area contributed by atoms with Crippen molar-refractivity contribution in [3.63, 3.8) is 0 Å². The number of benzene rings is 3. The number of carbonyl (C=O) groups is 4. The molecule has 0 aliphatic carbocycles. The number of methoxy groups -OCH3 is 1. The van der Waals surface area contributed by atoms with Gasteiger partial charge in [0, 0.05) is 19.4 Å². The van der Waals surface area contributed by atoms with E-state index in [-0.39, 0.29) is 37.5 Å². The zero-order valence-electron chi connectivity index (χ0n) is 27.5. The molecule has 256 valence electrons. The fourth-order valence-electron chi connectivity index (χ4n) is 4.78. The van der Waals surface area contributed by atoms with Crippen molar-refractivity contribution in [2.24, 2.45) is 5.73 Å². The van der Waals surface area contributed by atoms with Crippen LogP contribution in [0.3, 0.4) is 0 Å². The average molecular weight is 659 g/mol. The second-order valence-corrected chi connectivity index (χ2v) is 11.1. The fourth-order valence-corrected chi connectivity index (χ4v) is 4.78. The van der Waals surface area contributed by atoms with Gasteiger partial charge in [-0.15, -0.1) is 0 Å². The van der Waals surface area contributed by atoms with E-state index in [9.17, 15) is 19.2 Å². The van der Waals surface area contributed by atoms with Crippen LogP contribution < -0.4 is 31.2 Å². The first kappa shape index (κ1) is 37.3. The maximum Gasteiger partial charge on any atom is 0.305 e. The first-order valence-corrected chi connectivity index (χ1v) is 16.1. The third kappa shape index (κ3) is 12.9. The van der Waals surface area contributed by atoms with Gasteiger partial charge in [-0.05, 0) is 67.6 Å². The van der Waals surface area contributed by atoms with Crippen LogP contribution in [0.2, 0.25) is 0 Å². The van der Waals surface area contributed by atoms with Crippen LogP contribution >= 0.6 is 0 Å². The van der Waals surface area contributed by atoms with Crippen LogP contribution in [0.15, 0.2) is 91.5 Å². The van der Waals surface area contributed by atoms with E-state index >= 15 is 0 Å². The summed E-state index contributed by atoms with van der Waals surface area (Å²) in [5, 5.41) is 8.51. The summed E-state index contributed by atoms with van der Waals surface area (Å²) in [6.45, 7) is 4.94. The lowest BCUT2D eigenvalue weighted by atomic mass is 10.0. The Kier molecular flexibility index (Phi) is 16.2. The molecule has 0 aliphatic heterocycles. The summed E-state index contributed by atoms with van der Waals surface area (Å²) >= 11 is 0. The first-order chi connectivity index (χ1) is 23.3. The smallest absolute Gasteiger partial charge is 0.305 e. The Morgan fingerprint density at radius 1 is 0.812 bits per heavy atom. The molecule has 0 unspecified atom stereocenters. The minimum atomic E-state index is -1.04. The Balaban J connectivity index is 1.80. The third-order valence-corrected chi connectivity index (χ3v) is 7.39. The molecule has 2 atom stereocenters. The number of carbonyl (C=O) groups excluding carboxylic acids is 4. The van der Waals surface area contributed by atoms with Gasteiger partial charge in [0.25, 0.3) is 5.91 Å². The number of nitrogens with one attached hydrogen (secondary N) is 3. The van der Waals surface area contributed by atoms with Crippen LogP contribution in [0, 0.1) is 0 Å². The van der Waals surface area contributed by atoms with E-state index in [1.165, 1.54) is 7.11 Å². The molecule has 3 aromatic carbocycles. The molecule has 3 rings (SSSR count). The van der Waals surface area contributed by atoms with Gasteiger partial charge in [-0.1, -0.05) is 67.3 Å². The van der Waals surface area contributed by atoms with Crippen molar-refractivity contribution < 1.29 is 33.4 Å². The predicted octanol–water partition coefficient (Wildman–Crippen LogP) is 3.85. The summed E-state index contributed by atoms with van der Waals surface area (Å²) in [7, 11) is 1.31. The molecule has 0 spiro atoms. The standard InChI is InChI=1S/C37H46N4O7/c1-3-24-47-29-20-18-27(19-21-29)25-32(37(45)40-31(15-9-10-22-38)36(44)39-23-11-17-34(42)46-2)41-35(43)30-14-7-8-16-33(30)48-26-28-12-5-4-6-13-28/h3-8,12-14,16,18-21,31-32H,1,9-11,15,17,22-26,38H2,2H3,(H,39,44)(H,40,45)(H,41,43)/t31-,32-/m0/s1. The number of hydrogen-bond donors (Lipinski definition) is 4. The van der Waals surface area contributed by atoms with Crippen molar-refractivity contribution in [3.8, 4) is 11.5 Å². The van der Waals surface area contributed by atoms with Crippen molar-refractivity contribution in [3.05, 3.63) is 108 Å². The monoisotopic (exact) mass is 658 g/mol. The lowest BCUT2D eigenvalue weighted by molar-refractivity contribution is -0.140. The van der Waals surface area contributed by atoms with Crippen LogP contribution in [0.4, 0.5) is 0 Å². The molecule has 0 saturated heterocycles. The number of nitrogens with two attached hydrogens (primary N) is 1. The van der Waals surface area contributed by atoms with Gasteiger partial charge in [0.2, 0.25) is 11.8 Å². The van der Waals surface area contributed by atoms with Gasteiger partial charge in [-0.25, -0.2) is 0 Å². The molecule has 3 aromatic rings. The highest BCUT2D eigenvalue weighted by atomic mass is 16.5. The molecule has 48 heavy (non-hydrogen) atoms. The van der Waals surface area contributed by atoms with Crippen LogP contribution in [0.1, 0.15) is 53.6 Å². The second kappa shape index (κ2) is 20.9. The van der Waals surface area contributed by atoms with Gasteiger partial charge in [0.15, 0.2) is 0 Å². The Morgan fingerprint density at radius 3 is 2.25 bits per heavy atom. The number of ether oxygens (including phenoxy) is 3. The zero-order chi connectivity index (χ0) is 34.6. The molecule has 11 heteroatoms. The summed E-state index contributed by atoms with van der Waals surface area (Å²) in [5.74, 6) is -0.788. The summed E-state index contributed by atoms with van der Waals surface area (Å²) in [6, 6.07) is 21.7. The molecule has 0 radical (unpaired) electrons. The van der Waals surface area contributed by atoms with Crippen LogP contribution in [0.5, 0.6) is 11.5 Å². The minimum Gasteiger partial charge on any atom is -0.490 e. The van der Waals surface area contributed by atoms with Crippen molar-refractivity contribution in [1.29, 1.82) is 0 Å². The number of esters is 1. The van der Waals surface area contributed by atoms with E-state index in [1.807, 2.05) is 42.5 Å². The summed E-state index contributed by atoms with van der Waals surface area (Å²) < 4.78 is 16.2. The van der Waals surface area contributed by atoms with E-state index in [1.54, 1.807) is 42.5 Å². The molecule has 5 N–H and O–H groups in total. The molecule has 0 heterocycles. The third-order valence-electron chi connectivity index (χ3n) is 7.39. The minimum absolute atomic E-state index is 0.141. The summed E-state index contributed by atoms with van der Waals surface area (Å²) in [6.07, 6.45) is 3.95. The molecule has 0 aliphatic rings. The second-order valence-electron chi connectivity index (χ2n) is 11.1. The first-order valence-electron chi connectivity index (χ1n) is 16.1. The van der Waals surface area contributed by atoms with Crippen LogP contribution in [-0.2, 0) is 32.1 Å². The number of hydrogen-bond acceptors (Lipinski definition) is 8. The number of amides is 3. The number of para-hydroxylation sites is 1. The lowest BCUT2D eigenvalue weighted by Gasteiger charge is -2.24. The quantitative estimate of drug-likeness (QED) is 0.0764. The Bertz CT molecular complexity index is 1460. The topological polar surface area (TPSA) is 158 Å². The Labute approximate surface area is 282 Å². The highest BCUT2D eigenvalue weighted by molar-refractivity contribution is 6.00. The van der Waals surface area contributed by atoms with Crippen LogP contribution in [-0.4, -0.2) is 62.6 Å². The van der Waals surface area contributed by atoms with Gasteiger partial charge in [0.05, 0.1) is 12.7 Å². The van der Waals surface area contributed by atoms with E-state index < -0.39 is 29.8 Å². The van der Waals surface area contributed by atoms with E-state index in [0.29, 0.717) is 50.3 Å². The molecule has 0 fully saturated rings. The molecule has 3 amide bonds. The van der Waals surface area contributed by atoms with Crippen molar-refractivity contribution in [2.45, 2.75) is 57.2 Å². The Morgan fingerprint density at radius 2 is 1.54 bits per heavy atom. The van der Waals surface area contributed by atoms with Crippen LogP contribution in [0.25, 0.3) is 0 Å². The molecule has 11 nitrogen and oxygen atoms in total. The van der Waals surface area contributed by atoms with E-state index in [4.69, 9.17) is 15.2 Å². The van der Waals surface area contributed by atoms with Gasteiger partial charge in [-0.2, -0.15) is 0 Å². The lowest BCUT2D eigenvalue weighted by Crippen LogP contribution is -2.54. The highest BCUT2D eigenvalue weighted by Crippen LogP contribution is 2.20. The van der Waals surface area contributed by atoms with Gasteiger partial charge < -0.3 is 35.9 Å². The number of unbranched alkanes of at least 4 members (excludes halogenated alkanes) is 1. The number of rotatable bonds is 21. The Hall–Kier alpha value is -5.16. The maximum absolute atomic E-state index is 13.9. The fraction of sp³-hybridized carbons (Fsp3) is 0.351. The molecule has 0 saturated carbocycles. The van der Waals surface area contributed by atoms with E-state index in [0.717, 1.165) is 11.1 Å². The highest BCUT2D eigenvalue weighted by Gasteiger charge is 2.28. The van der Waals surface area contributed by atoms with Gasteiger partial charge in [-0.3, -0.25) is 19.2 Å². The molecule has 0 aromatic heterocycles. The SMILES string of the molecule is C=CCOc1ccc(C[C@H](NC(=O)c2ccccc2OCc2ccccc2)C(=O)N[C@@H](CCCCN)C(=O)NCCCC(=O)OC)cc1. The zero-order valence-corrected chi connectivity index (χ0v) is 27.5. The molecular weight excluding hydrogens is 612 g/mol. The predicted molar refractivity (Wildman–Crippen MR) is 183 cm³/mol. The van der Waals surface area contributed by atoms with Crippen molar-refractivity contribution in [2.75, 3.05) is 26.8 Å². The normalized spacial score (nSPS) is 11.8. The summed E-state index contributed by atoms with van der Waals surface area (Å²) in [4.78, 5) is 52.2. The van der Waals surface area contributed by atoms with Gasteiger partial charge >= 0.3 is 5.97 Å². The largest absolute Gasteiger partial charge is 0.490 e. The average Bonchev–Trinajstić information content (AvgIpc) is 3.11. The maximum atomic E-state index is 13.9. The van der Waals surface area contributed by atoms with Crippen molar-refractivity contribution in [1.82, 2.24) is 16.0 Å².